The molecule has 0 saturated heterocycles. The van der Waals surface area contributed by atoms with Crippen LogP contribution in [-0.4, -0.2) is 23.0 Å². The van der Waals surface area contributed by atoms with E-state index >= 15 is 0 Å². The molecule has 0 spiro atoms. The van der Waals surface area contributed by atoms with Crippen LogP contribution in [0.4, 0.5) is 0 Å². The highest BCUT2D eigenvalue weighted by Gasteiger charge is 2.57. The maximum Gasteiger partial charge on any atom is -0.00166 e. The molecule has 7 unspecified atom stereocenters. The van der Waals surface area contributed by atoms with Gasteiger partial charge in [-0.1, -0.05) is 89.1 Å². The van der Waals surface area contributed by atoms with Crippen molar-refractivity contribution in [3.8, 4) is 0 Å². The zero-order valence-electron chi connectivity index (χ0n) is 19.6. The van der Waals surface area contributed by atoms with E-state index in [1.54, 1.807) is 0 Å². The second kappa shape index (κ2) is 8.45. The van der Waals surface area contributed by atoms with Crippen molar-refractivity contribution in [2.75, 3.05) is 12.5 Å². The Bertz CT molecular complexity index is 637. The molecule has 0 bridgehead atoms. The summed E-state index contributed by atoms with van der Waals surface area (Å²) < 4.78 is 0. The molecule has 0 radical (unpaired) electrons. The van der Waals surface area contributed by atoms with E-state index in [1.807, 2.05) is 0 Å². The predicted octanol–water partition coefficient (Wildman–Crippen LogP) is 7.64. The SMILES string of the molecule is CCCC1C(C)C(S(C)(C)C2C3C=CC=C[C@H]3[C@@H](CCC)C2C)C2C=CC=C[C@H]21. The van der Waals surface area contributed by atoms with Crippen LogP contribution in [0.2, 0.25) is 0 Å². The summed E-state index contributed by atoms with van der Waals surface area (Å²) in [5.74, 6) is 6.57. The average molecular weight is 413 g/mol. The van der Waals surface area contributed by atoms with Crippen molar-refractivity contribution in [2.45, 2.75) is 63.9 Å². The third kappa shape index (κ3) is 3.44. The van der Waals surface area contributed by atoms with Gasteiger partial charge >= 0.3 is 0 Å². The minimum Gasteiger partial charge on any atom is -0.239 e. The van der Waals surface area contributed by atoms with Gasteiger partial charge in [0.2, 0.25) is 0 Å². The molecular formula is C28H44S. The summed E-state index contributed by atoms with van der Waals surface area (Å²) in [6.45, 7) is 10.0. The molecule has 0 nitrogen and oxygen atoms in total. The lowest BCUT2D eigenvalue weighted by Gasteiger charge is -2.52. The summed E-state index contributed by atoms with van der Waals surface area (Å²) >= 11 is 0. The summed E-state index contributed by atoms with van der Waals surface area (Å²) in [4.78, 5) is 0. The average Bonchev–Trinajstić information content (AvgIpc) is 3.15. The molecule has 0 amide bonds. The van der Waals surface area contributed by atoms with Gasteiger partial charge in [-0.3, -0.25) is 0 Å². The van der Waals surface area contributed by atoms with Gasteiger partial charge in [0.25, 0.3) is 0 Å². The monoisotopic (exact) mass is 412 g/mol. The Morgan fingerprint density at radius 3 is 1.28 bits per heavy atom. The molecule has 4 aliphatic rings. The molecule has 29 heavy (non-hydrogen) atoms. The smallest absolute Gasteiger partial charge is 0.00166 e. The van der Waals surface area contributed by atoms with Crippen LogP contribution in [0.5, 0.6) is 0 Å². The van der Waals surface area contributed by atoms with Crippen LogP contribution < -0.4 is 0 Å². The predicted molar refractivity (Wildman–Crippen MR) is 133 cm³/mol. The van der Waals surface area contributed by atoms with E-state index in [0.717, 1.165) is 57.8 Å². The highest BCUT2D eigenvalue weighted by molar-refractivity contribution is 8.33. The van der Waals surface area contributed by atoms with E-state index in [9.17, 15) is 0 Å². The van der Waals surface area contributed by atoms with Gasteiger partial charge in [-0.2, -0.15) is 0 Å². The molecule has 2 fully saturated rings. The molecule has 2 saturated carbocycles. The Hall–Kier alpha value is -0.690. The van der Waals surface area contributed by atoms with Crippen LogP contribution in [0.25, 0.3) is 0 Å². The van der Waals surface area contributed by atoms with E-state index in [1.165, 1.54) is 25.7 Å². The van der Waals surface area contributed by atoms with Crippen molar-refractivity contribution in [3.63, 3.8) is 0 Å². The summed E-state index contributed by atoms with van der Waals surface area (Å²) in [6, 6.07) is 0. The van der Waals surface area contributed by atoms with E-state index in [4.69, 9.17) is 0 Å². The molecule has 10 atom stereocenters. The lowest BCUT2D eigenvalue weighted by molar-refractivity contribution is 0.332. The molecule has 4 aliphatic carbocycles. The molecule has 4 rings (SSSR count). The van der Waals surface area contributed by atoms with Crippen molar-refractivity contribution in [3.05, 3.63) is 48.6 Å². The van der Waals surface area contributed by atoms with Gasteiger partial charge in [0.05, 0.1) is 0 Å². The third-order valence-corrected chi connectivity index (χ3v) is 13.5. The zero-order chi connectivity index (χ0) is 20.8. The van der Waals surface area contributed by atoms with Crippen LogP contribution in [0.15, 0.2) is 48.6 Å². The van der Waals surface area contributed by atoms with Crippen molar-refractivity contribution in [2.24, 2.45) is 47.3 Å². The molecule has 0 aromatic carbocycles. The Morgan fingerprint density at radius 2 is 0.931 bits per heavy atom. The van der Waals surface area contributed by atoms with E-state index < -0.39 is 10.0 Å². The van der Waals surface area contributed by atoms with Gasteiger partial charge in [0.15, 0.2) is 0 Å². The fourth-order valence-corrected chi connectivity index (χ4v) is 13.5. The lowest BCUT2D eigenvalue weighted by Crippen LogP contribution is -2.38. The summed E-state index contributed by atoms with van der Waals surface area (Å²) in [6.07, 6.45) is 30.7. The highest BCUT2D eigenvalue weighted by Crippen LogP contribution is 2.70. The van der Waals surface area contributed by atoms with Crippen LogP contribution in [-0.2, 0) is 0 Å². The van der Waals surface area contributed by atoms with Crippen LogP contribution in [0, 0.1) is 47.3 Å². The van der Waals surface area contributed by atoms with Crippen LogP contribution in [0.3, 0.4) is 0 Å². The Balaban J connectivity index is 1.70. The summed E-state index contributed by atoms with van der Waals surface area (Å²) in [7, 11) is -0.750. The number of rotatable bonds is 6. The first-order chi connectivity index (χ1) is 13.9. The Kier molecular flexibility index (Phi) is 6.27. The number of hydrogen-bond donors (Lipinski definition) is 0. The first-order valence-corrected chi connectivity index (χ1v) is 14.9. The number of fused-ring (bicyclic) bond motifs is 2. The maximum absolute atomic E-state index is 2.74. The second-order valence-electron chi connectivity index (χ2n) is 10.9. The summed E-state index contributed by atoms with van der Waals surface area (Å²) in [5.41, 5.74) is 0. The fourth-order valence-electron chi connectivity index (χ4n) is 8.36. The Morgan fingerprint density at radius 1 is 0.586 bits per heavy atom. The lowest BCUT2D eigenvalue weighted by atomic mass is 9.82. The van der Waals surface area contributed by atoms with Gasteiger partial charge < -0.3 is 0 Å². The first kappa shape index (κ1) is 21.5. The molecular weight excluding hydrogens is 368 g/mol. The second-order valence-corrected chi connectivity index (χ2v) is 15.0. The van der Waals surface area contributed by atoms with Crippen molar-refractivity contribution >= 4 is 10.0 Å². The molecule has 0 aromatic rings. The zero-order valence-corrected chi connectivity index (χ0v) is 20.4. The normalized spacial score (nSPS) is 46.1. The topological polar surface area (TPSA) is 0 Å². The van der Waals surface area contributed by atoms with Gasteiger partial charge in [0.1, 0.15) is 0 Å². The van der Waals surface area contributed by atoms with Crippen molar-refractivity contribution in [1.82, 2.24) is 0 Å². The molecule has 1 heteroatoms. The van der Waals surface area contributed by atoms with Gasteiger partial charge in [-0.25, -0.2) is 10.0 Å². The fraction of sp³-hybridized carbons (Fsp3) is 0.714. The maximum atomic E-state index is 2.74. The highest BCUT2D eigenvalue weighted by atomic mass is 32.3. The van der Waals surface area contributed by atoms with E-state index in [2.05, 4.69) is 88.8 Å². The minimum absolute atomic E-state index is 0.750. The number of allylic oxidation sites excluding steroid dienone is 8. The van der Waals surface area contributed by atoms with Gasteiger partial charge in [-0.15, -0.1) is 0 Å². The van der Waals surface area contributed by atoms with Crippen LogP contribution in [0.1, 0.15) is 53.4 Å². The third-order valence-electron chi connectivity index (χ3n) is 9.23. The van der Waals surface area contributed by atoms with Crippen molar-refractivity contribution < 1.29 is 0 Å². The Labute approximate surface area is 182 Å². The molecule has 162 valence electrons. The van der Waals surface area contributed by atoms with Gasteiger partial charge in [-0.05, 0) is 83.2 Å². The van der Waals surface area contributed by atoms with Crippen LogP contribution >= 0.6 is 10.0 Å². The quantitative estimate of drug-likeness (QED) is 0.420. The largest absolute Gasteiger partial charge is 0.239 e. The minimum atomic E-state index is -0.750. The standard InChI is InChI=1S/C28H44S/c1-7-13-21-19(3)27(25-17-11-9-15-23(21)25)29(5,6)28-20(4)22(14-8-2)24-16-10-12-18-26(24)28/h9-12,15-28H,7-8,13-14H2,1-6H3/t19?,20?,21-,22?,23-,24-,25?,26?,27?,28?/m0/s1. The summed E-state index contributed by atoms with van der Waals surface area (Å²) in [5, 5.41) is 1.75. The van der Waals surface area contributed by atoms with Crippen molar-refractivity contribution in [1.29, 1.82) is 0 Å². The van der Waals surface area contributed by atoms with Gasteiger partial charge in [0, 0.05) is 0 Å². The first-order valence-electron chi connectivity index (χ1n) is 12.3. The molecule has 0 aliphatic heterocycles. The number of hydrogen-bond acceptors (Lipinski definition) is 0. The molecule has 0 aromatic heterocycles. The van der Waals surface area contributed by atoms with E-state index in [-0.39, 0.29) is 0 Å². The van der Waals surface area contributed by atoms with E-state index in [0.29, 0.717) is 0 Å². The molecule has 0 N–H and O–H groups in total. The molecule has 0 heterocycles.